The molecule has 0 N–H and O–H groups in total. The minimum Gasteiger partial charge on any atom is -0.360 e. The molecule has 3 amide bonds. The molecule has 9 heteroatoms. The molecule has 0 unspecified atom stereocenters. The van der Waals surface area contributed by atoms with Gasteiger partial charge in [-0.3, -0.25) is 14.4 Å². The summed E-state index contributed by atoms with van der Waals surface area (Å²) in [6.45, 7) is 2.58. The molecule has 1 aliphatic carbocycles. The number of hydrogen-bond donors (Lipinski definition) is 0. The normalized spacial score (nSPS) is 20.2. The SMILES string of the molecule is CN1CCN(c2cnn(C3CN(C(=O)c4noc5c4CCCC5)C3)c2)C1=O. The van der Waals surface area contributed by atoms with E-state index in [1.165, 1.54) is 0 Å². The Labute approximate surface area is 156 Å². The van der Waals surface area contributed by atoms with Gasteiger partial charge in [0.1, 0.15) is 5.76 Å². The van der Waals surface area contributed by atoms with Gasteiger partial charge in [-0.05, 0) is 19.3 Å². The standard InChI is InChI=1S/C18H22N6O3/c1-21-6-7-23(18(21)26)12-8-19-24(11-12)13-9-22(10-13)17(25)16-14-4-2-3-5-15(14)27-20-16/h8,11,13H,2-7,9-10H2,1H3. The molecule has 3 aliphatic rings. The summed E-state index contributed by atoms with van der Waals surface area (Å²) in [5.41, 5.74) is 2.28. The van der Waals surface area contributed by atoms with Gasteiger partial charge in [0.15, 0.2) is 5.69 Å². The van der Waals surface area contributed by atoms with Crippen molar-refractivity contribution in [3.05, 3.63) is 29.4 Å². The molecule has 4 heterocycles. The summed E-state index contributed by atoms with van der Waals surface area (Å²) in [6, 6.07) is 0.122. The van der Waals surface area contributed by atoms with E-state index in [1.54, 1.807) is 27.9 Å². The predicted octanol–water partition coefficient (Wildman–Crippen LogP) is 1.32. The molecule has 2 fully saturated rings. The third-order valence-corrected chi connectivity index (χ3v) is 5.79. The van der Waals surface area contributed by atoms with Crippen LogP contribution in [0.1, 0.15) is 40.7 Å². The largest absolute Gasteiger partial charge is 0.360 e. The lowest BCUT2D eigenvalue weighted by atomic mass is 9.95. The number of amides is 3. The number of anilines is 1. The molecular formula is C18H22N6O3. The van der Waals surface area contributed by atoms with E-state index in [0.717, 1.165) is 49.2 Å². The highest BCUT2D eigenvalue weighted by Gasteiger charge is 2.37. The number of rotatable bonds is 3. The monoisotopic (exact) mass is 370 g/mol. The number of aromatic nitrogens is 3. The Morgan fingerprint density at radius 3 is 2.81 bits per heavy atom. The van der Waals surface area contributed by atoms with Crippen LogP contribution in [0.5, 0.6) is 0 Å². The van der Waals surface area contributed by atoms with Crippen molar-refractivity contribution in [2.45, 2.75) is 31.7 Å². The van der Waals surface area contributed by atoms with Gasteiger partial charge in [0.05, 0.1) is 17.9 Å². The summed E-state index contributed by atoms with van der Waals surface area (Å²) in [4.78, 5) is 30.1. The second kappa shape index (κ2) is 6.11. The first-order valence-corrected chi connectivity index (χ1v) is 9.45. The fraction of sp³-hybridized carbons (Fsp3) is 0.556. The van der Waals surface area contributed by atoms with Crippen molar-refractivity contribution in [2.24, 2.45) is 0 Å². The molecule has 27 heavy (non-hydrogen) atoms. The Kier molecular flexibility index (Phi) is 3.70. The lowest BCUT2D eigenvalue weighted by Crippen LogP contribution is -2.51. The van der Waals surface area contributed by atoms with Crippen LogP contribution in [0.4, 0.5) is 10.5 Å². The minimum absolute atomic E-state index is 0.00392. The van der Waals surface area contributed by atoms with Crippen LogP contribution in [0.3, 0.4) is 0 Å². The average molecular weight is 370 g/mol. The van der Waals surface area contributed by atoms with Crippen molar-refractivity contribution >= 4 is 17.6 Å². The van der Waals surface area contributed by atoms with E-state index in [4.69, 9.17) is 4.52 Å². The van der Waals surface area contributed by atoms with Gasteiger partial charge in [0, 0.05) is 51.4 Å². The molecule has 0 bridgehead atoms. The van der Waals surface area contributed by atoms with E-state index in [9.17, 15) is 9.59 Å². The number of fused-ring (bicyclic) bond motifs is 1. The summed E-state index contributed by atoms with van der Waals surface area (Å²) in [7, 11) is 1.80. The second-order valence-corrected chi connectivity index (χ2v) is 7.54. The molecule has 0 spiro atoms. The highest BCUT2D eigenvalue weighted by atomic mass is 16.5. The van der Waals surface area contributed by atoms with E-state index in [0.29, 0.717) is 25.3 Å². The molecule has 142 valence electrons. The summed E-state index contributed by atoms with van der Waals surface area (Å²) in [5, 5.41) is 8.43. The van der Waals surface area contributed by atoms with Crippen LogP contribution in [-0.4, -0.2) is 69.9 Å². The van der Waals surface area contributed by atoms with Crippen LogP contribution < -0.4 is 4.90 Å². The van der Waals surface area contributed by atoms with E-state index in [2.05, 4.69) is 10.3 Å². The number of hydrogen-bond acceptors (Lipinski definition) is 5. The number of aryl methyl sites for hydroxylation is 1. The van der Waals surface area contributed by atoms with Gasteiger partial charge >= 0.3 is 6.03 Å². The Hall–Kier alpha value is -2.84. The molecule has 0 saturated carbocycles. The lowest BCUT2D eigenvalue weighted by molar-refractivity contribution is 0.0490. The molecule has 2 aliphatic heterocycles. The van der Waals surface area contributed by atoms with Gasteiger partial charge in [-0.15, -0.1) is 0 Å². The summed E-state index contributed by atoms with van der Waals surface area (Å²) >= 11 is 0. The van der Waals surface area contributed by atoms with E-state index >= 15 is 0 Å². The number of likely N-dealkylation sites (tertiary alicyclic amines) is 1. The Bertz CT molecular complexity index is 897. The van der Waals surface area contributed by atoms with Crippen LogP contribution in [0.15, 0.2) is 16.9 Å². The van der Waals surface area contributed by atoms with Gasteiger partial charge < -0.3 is 14.3 Å². The molecule has 0 atom stereocenters. The average Bonchev–Trinajstić information content (AvgIpc) is 3.34. The van der Waals surface area contributed by atoms with Gasteiger partial charge in [-0.25, -0.2) is 4.79 Å². The zero-order valence-electron chi connectivity index (χ0n) is 15.3. The molecule has 2 saturated heterocycles. The first kappa shape index (κ1) is 16.3. The highest BCUT2D eigenvalue weighted by Crippen LogP contribution is 2.29. The van der Waals surface area contributed by atoms with Crippen molar-refractivity contribution in [1.82, 2.24) is 24.7 Å². The number of carbonyl (C=O) groups is 2. The van der Waals surface area contributed by atoms with Crippen molar-refractivity contribution in [1.29, 1.82) is 0 Å². The van der Waals surface area contributed by atoms with Crippen molar-refractivity contribution in [3.8, 4) is 0 Å². The van der Waals surface area contributed by atoms with Crippen molar-refractivity contribution < 1.29 is 14.1 Å². The zero-order chi connectivity index (χ0) is 18.5. The topological polar surface area (TPSA) is 87.7 Å². The van der Waals surface area contributed by atoms with Gasteiger partial charge in [0.25, 0.3) is 5.91 Å². The smallest absolute Gasteiger partial charge is 0.324 e. The fourth-order valence-corrected chi connectivity index (χ4v) is 4.04. The minimum atomic E-state index is -0.0538. The summed E-state index contributed by atoms with van der Waals surface area (Å²) in [6.07, 6.45) is 7.53. The number of urea groups is 1. The van der Waals surface area contributed by atoms with Crippen LogP contribution in [0.25, 0.3) is 0 Å². The van der Waals surface area contributed by atoms with Gasteiger partial charge in [-0.2, -0.15) is 5.10 Å². The quantitative estimate of drug-likeness (QED) is 0.813. The van der Waals surface area contributed by atoms with E-state index < -0.39 is 0 Å². The predicted molar refractivity (Wildman–Crippen MR) is 95.7 cm³/mol. The highest BCUT2D eigenvalue weighted by molar-refractivity contribution is 5.94. The molecule has 0 aromatic carbocycles. The van der Waals surface area contributed by atoms with Crippen LogP contribution in [-0.2, 0) is 12.8 Å². The summed E-state index contributed by atoms with van der Waals surface area (Å²) < 4.78 is 7.21. The number of nitrogens with zero attached hydrogens (tertiary/aromatic N) is 6. The number of carbonyl (C=O) groups excluding carboxylic acids is 2. The maximum Gasteiger partial charge on any atom is 0.324 e. The first-order valence-electron chi connectivity index (χ1n) is 9.45. The molecule has 5 rings (SSSR count). The van der Waals surface area contributed by atoms with E-state index in [-0.39, 0.29) is 18.0 Å². The number of likely N-dealkylation sites (N-methyl/N-ethyl adjacent to an activating group) is 1. The van der Waals surface area contributed by atoms with Crippen LogP contribution in [0, 0.1) is 0 Å². The Balaban J connectivity index is 1.24. The van der Waals surface area contributed by atoms with Gasteiger partial charge in [0.2, 0.25) is 0 Å². The third-order valence-electron chi connectivity index (χ3n) is 5.79. The van der Waals surface area contributed by atoms with Crippen molar-refractivity contribution in [3.63, 3.8) is 0 Å². The fourth-order valence-electron chi connectivity index (χ4n) is 4.04. The van der Waals surface area contributed by atoms with Crippen molar-refractivity contribution in [2.75, 3.05) is 38.1 Å². The van der Waals surface area contributed by atoms with Gasteiger partial charge in [-0.1, -0.05) is 5.16 Å². The first-order chi connectivity index (χ1) is 13.1. The third kappa shape index (κ3) is 2.60. The van der Waals surface area contributed by atoms with E-state index in [1.807, 2.05) is 10.9 Å². The molecule has 2 aromatic heterocycles. The molecular weight excluding hydrogens is 348 g/mol. The molecule has 0 radical (unpaired) electrons. The maximum atomic E-state index is 12.7. The Morgan fingerprint density at radius 1 is 1.22 bits per heavy atom. The van der Waals surface area contributed by atoms with Crippen LogP contribution >= 0.6 is 0 Å². The Morgan fingerprint density at radius 2 is 2.04 bits per heavy atom. The van der Waals surface area contributed by atoms with Crippen LogP contribution in [0.2, 0.25) is 0 Å². The molecule has 2 aromatic rings. The molecule has 9 nitrogen and oxygen atoms in total. The lowest BCUT2D eigenvalue weighted by Gasteiger charge is -2.38. The maximum absolute atomic E-state index is 12.7. The second-order valence-electron chi connectivity index (χ2n) is 7.54. The zero-order valence-corrected chi connectivity index (χ0v) is 15.3. The summed E-state index contributed by atoms with van der Waals surface area (Å²) in [5.74, 6) is 0.820.